The number of nitrogens with zero attached hydrogens (tertiary/aromatic N) is 2. The molecular weight excluding hydrogens is 436 g/mol. The molecule has 0 aliphatic carbocycles. The zero-order chi connectivity index (χ0) is 22.5. The summed E-state index contributed by atoms with van der Waals surface area (Å²) < 4.78 is 10.7. The summed E-state index contributed by atoms with van der Waals surface area (Å²) in [4.78, 5) is 4.90. The minimum absolute atomic E-state index is 0.732. The minimum Gasteiger partial charge on any atom is -0.456 e. The third-order valence-electron chi connectivity index (χ3n) is 6.28. The van der Waals surface area contributed by atoms with Crippen molar-refractivity contribution in [1.82, 2.24) is 9.36 Å². The van der Waals surface area contributed by atoms with Gasteiger partial charge in [-0.1, -0.05) is 91.0 Å². The topological polar surface area (TPSA) is 38.9 Å². The van der Waals surface area contributed by atoms with Crippen LogP contribution in [0.15, 0.2) is 114 Å². The van der Waals surface area contributed by atoms with Crippen molar-refractivity contribution in [2.24, 2.45) is 0 Å². The van der Waals surface area contributed by atoms with Gasteiger partial charge in [0.15, 0.2) is 5.82 Å². The fourth-order valence-electron chi connectivity index (χ4n) is 4.59. The molecule has 0 unspecified atom stereocenters. The molecule has 0 N–H and O–H groups in total. The molecule has 4 heteroatoms. The number of rotatable bonds is 3. The molecule has 0 saturated carbocycles. The molecule has 0 atom stereocenters. The van der Waals surface area contributed by atoms with Crippen LogP contribution >= 0.6 is 11.5 Å². The maximum atomic E-state index is 6.04. The van der Waals surface area contributed by atoms with Crippen molar-refractivity contribution in [3.63, 3.8) is 0 Å². The number of benzene rings is 5. The van der Waals surface area contributed by atoms with E-state index < -0.39 is 0 Å². The molecule has 5 aromatic carbocycles. The number of hydrogen-bond acceptors (Lipinski definition) is 4. The highest BCUT2D eigenvalue weighted by molar-refractivity contribution is 7.09. The first-order chi connectivity index (χ1) is 16.8. The maximum Gasteiger partial charge on any atom is 0.174 e. The van der Waals surface area contributed by atoms with Gasteiger partial charge in [0, 0.05) is 21.9 Å². The lowest BCUT2D eigenvalue weighted by Gasteiger charge is -2.05. The van der Waals surface area contributed by atoms with Crippen LogP contribution in [0.25, 0.3) is 65.8 Å². The normalized spacial score (nSPS) is 11.5. The molecule has 2 aromatic heterocycles. The van der Waals surface area contributed by atoms with Gasteiger partial charge in [-0.05, 0) is 51.6 Å². The summed E-state index contributed by atoms with van der Waals surface area (Å²) in [6.45, 7) is 0. The first-order valence-corrected chi connectivity index (χ1v) is 11.9. The molecule has 7 aromatic rings. The van der Waals surface area contributed by atoms with Gasteiger partial charge in [-0.2, -0.15) is 4.37 Å². The molecule has 0 radical (unpaired) electrons. The molecule has 160 valence electrons. The molecule has 0 aliphatic heterocycles. The van der Waals surface area contributed by atoms with Gasteiger partial charge < -0.3 is 4.42 Å². The number of aromatic nitrogens is 2. The highest BCUT2D eigenvalue weighted by Gasteiger charge is 2.16. The zero-order valence-corrected chi connectivity index (χ0v) is 18.9. The summed E-state index contributed by atoms with van der Waals surface area (Å²) in [7, 11) is 0. The minimum atomic E-state index is 0.732. The summed E-state index contributed by atoms with van der Waals surface area (Å²) >= 11 is 1.43. The second kappa shape index (κ2) is 7.65. The number of hydrogen-bond donors (Lipinski definition) is 0. The molecule has 2 heterocycles. The fraction of sp³-hybridized carbons (Fsp3) is 0. The van der Waals surface area contributed by atoms with Gasteiger partial charge in [0.2, 0.25) is 0 Å². The Morgan fingerprint density at radius 1 is 0.588 bits per heavy atom. The maximum absolute atomic E-state index is 6.04. The molecule has 7 rings (SSSR count). The van der Waals surface area contributed by atoms with E-state index in [1.54, 1.807) is 0 Å². The summed E-state index contributed by atoms with van der Waals surface area (Å²) in [6, 6.07) is 37.8. The molecular formula is C30H18N2OS. The van der Waals surface area contributed by atoms with Crippen molar-refractivity contribution in [2.45, 2.75) is 0 Å². The summed E-state index contributed by atoms with van der Waals surface area (Å²) in [5, 5.41) is 5.56. The van der Waals surface area contributed by atoms with Gasteiger partial charge in [0.1, 0.15) is 16.2 Å². The molecule has 34 heavy (non-hydrogen) atoms. The SMILES string of the molecule is c1ccc2cc(-c3ccc(-c4nc(-c5cccc6oc7ccccc7c56)ns4)cc3)ccc2c1. The van der Waals surface area contributed by atoms with Crippen molar-refractivity contribution in [3.8, 4) is 33.1 Å². The molecule has 0 aliphatic rings. The van der Waals surface area contributed by atoms with Crippen molar-refractivity contribution < 1.29 is 4.42 Å². The Labute approximate surface area is 200 Å². The molecule has 0 bridgehead atoms. The first-order valence-electron chi connectivity index (χ1n) is 11.2. The van der Waals surface area contributed by atoms with Crippen LogP contribution in [-0.2, 0) is 0 Å². The van der Waals surface area contributed by atoms with Crippen LogP contribution in [0.5, 0.6) is 0 Å². The van der Waals surface area contributed by atoms with Gasteiger partial charge in [-0.3, -0.25) is 0 Å². The van der Waals surface area contributed by atoms with E-state index in [0.717, 1.165) is 43.9 Å². The van der Waals surface area contributed by atoms with E-state index in [-0.39, 0.29) is 0 Å². The largest absolute Gasteiger partial charge is 0.456 e. The van der Waals surface area contributed by atoms with Crippen LogP contribution in [0.2, 0.25) is 0 Å². The molecule has 3 nitrogen and oxygen atoms in total. The fourth-order valence-corrected chi connectivity index (χ4v) is 5.27. The Kier molecular flexibility index (Phi) is 4.32. The van der Waals surface area contributed by atoms with Crippen molar-refractivity contribution in [2.75, 3.05) is 0 Å². The second-order valence-corrected chi connectivity index (χ2v) is 9.09. The zero-order valence-electron chi connectivity index (χ0n) is 18.1. The standard InChI is InChI=1S/C30H18N2OS/c1-2-7-22-18-23(17-14-19(22)6-1)20-12-15-21(16-13-20)30-31-29(32-34-30)25-9-5-11-27-28(25)24-8-3-4-10-26(24)33-27/h1-18H. The average molecular weight is 455 g/mol. The van der Waals surface area contributed by atoms with E-state index >= 15 is 0 Å². The number of fused-ring (bicyclic) bond motifs is 4. The summed E-state index contributed by atoms with van der Waals surface area (Å²) in [6.07, 6.45) is 0. The second-order valence-electron chi connectivity index (χ2n) is 8.34. The first kappa shape index (κ1) is 19.2. The van der Waals surface area contributed by atoms with E-state index in [1.807, 2.05) is 30.3 Å². The smallest absolute Gasteiger partial charge is 0.174 e. The van der Waals surface area contributed by atoms with Crippen molar-refractivity contribution in [1.29, 1.82) is 0 Å². The Bertz CT molecular complexity index is 1810. The van der Waals surface area contributed by atoms with E-state index in [9.17, 15) is 0 Å². The summed E-state index contributed by atoms with van der Waals surface area (Å²) in [5.74, 6) is 0.732. The van der Waals surface area contributed by atoms with Crippen LogP contribution in [0.3, 0.4) is 0 Å². The monoisotopic (exact) mass is 454 g/mol. The Morgan fingerprint density at radius 2 is 1.32 bits per heavy atom. The van der Waals surface area contributed by atoms with Crippen LogP contribution in [0.1, 0.15) is 0 Å². The third-order valence-corrected chi connectivity index (χ3v) is 7.05. The van der Waals surface area contributed by atoms with E-state index in [0.29, 0.717) is 0 Å². The van der Waals surface area contributed by atoms with Crippen LogP contribution < -0.4 is 0 Å². The highest BCUT2D eigenvalue weighted by Crippen LogP contribution is 2.37. The summed E-state index contributed by atoms with van der Waals surface area (Å²) in [5.41, 5.74) is 6.20. The number of furan rings is 1. The van der Waals surface area contributed by atoms with Crippen LogP contribution in [0.4, 0.5) is 0 Å². The van der Waals surface area contributed by atoms with Gasteiger partial charge in [-0.15, -0.1) is 0 Å². The molecule has 0 fully saturated rings. The average Bonchev–Trinajstić information content (AvgIpc) is 3.54. The Balaban J connectivity index is 1.25. The van der Waals surface area contributed by atoms with E-state index in [2.05, 4.69) is 78.9 Å². The predicted octanol–water partition coefficient (Wildman–Crippen LogP) is 8.59. The van der Waals surface area contributed by atoms with E-state index in [1.165, 1.54) is 33.4 Å². The molecule has 0 saturated heterocycles. The lowest BCUT2D eigenvalue weighted by Crippen LogP contribution is -1.83. The van der Waals surface area contributed by atoms with Crippen LogP contribution in [-0.4, -0.2) is 9.36 Å². The Hall–Kier alpha value is -4.28. The third kappa shape index (κ3) is 3.11. The molecule has 0 amide bonds. The highest BCUT2D eigenvalue weighted by atomic mass is 32.1. The predicted molar refractivity (Wildman–Crippen MR) is 141 cm³/mol. The van der Waals surface area contributed by atoms with Crippen molar-refractivity contribution >= 4 is 44.2 Å². The lowest BCUT2D eigenvalue weighted by molar-refractivity contribution is 0.669. The number of para-hydroxylation sites is 1. The van der Waals surface area contributed by atoms with Crippen LogP contribution in [0, 0.1) is 0 Å². The van der Waals surface area contributed by atoms with Gasteiger partial charge in [0.25, 0.3) is 0 Å². The Morgan fingerprint density at radius 3 is 2.24 bits per heavy atom. The van der Waals surface area contributed by atoms with Gasteiger partial charge >= 0.3 is 0 Å². The molecule has 0 spiro atoms. The quantitative estimate of drug-likeness (QED) is 0.268. The lowest BCUT2D eigenvalue weighted by atomic mass is 10.0. The van der Waals surface area contributed by atoms with Gasteiger partial charge in [0.05, 0.1) is 0 Å². The van der Waals surface area contributed by atoms with E-state index in [4.69, 9.17) is 13.8 Å². The van der Waals surface area contributed by atoms with Gasteiger partial charge in [-0.25, -0.2) is 4.98 Å². The van der Waals surface area contributed by atoms with Crippen molar-refractivity contribution in [3.05, 3.63) is 109 Å².